The lowest BCUT2D eigenvalue weighted by molar-refractivity contribution is -0.137. The first-order valence-corrected chi connectivity index (χ1v) is 8.72. The van der Waals surface area contributed by atoms with E-state index in [0.717, 1.165) is 32.5 Å². The minimum Gasteiger partial charge on any atom is -0.353 e. The van der Waals surface area contributed by atoms with Crippen molar-refractivity contribution >= 4 is 17.9 Å². The van der Waals surface area contributed by atoms with E-state index in [-0.39, 0.29) is 18.2 Å². The number of hydrogen-bond donors (Lipinski definition) is 1. The topological polar surface area (TPSA) is 52.7 Å². The molecule has 1 aliphatic heterocycles. The molecule has 1 heterocycles. The fraction of sp³-hybridized carbons (Fsp3) is 0.474. The quantitative estimate of drug-likeness (QED) is 0.806. The SMILES string of the molecule is O=C(CC(=O)N1CCN(C/C=C/c2ccccc2)CC1)NC1CC1. The number of rotatable bonds is 6. The highest BCUT2D eigenvalue weighted by Crippen LogP contribution is 2.18. The van der Waals surface area contributed by atoms with Crippen molar-refractivity contribution in [3.63, 3.8) is 0 Å². The van der Waals surface area contributed by atoms with Crippen molar-refractivity contribution in [2.45, 2.75) is 25.3 Å². The molecule has 1 aromatic rings. The summed E-state index contributed by atoms with van der Waals surface area (Å²) in [6.07, 6.45) is 6.38. The third kappa shape index (κ3) is 5.20. The average Bonchev–Trinajstić information content (AvgIpc) is 3.40. The van der Waals surface area contributed by atoms with E-state index < -0.39 is 0 Å². The maximum atomic E-state index is 12.1. The van der Waals surface area contributed by atoms with Gasteiger partial charge in [-0.05, 0) is 18.4 Å². The number of amides is 2. The summed E-state index contributed by atoms with van der Waals surface area (Å²) in [6.45, 7) is 4.01. The van der Waals surface area contributed by atoms with Gasteiger partial charge in [0.1, 0.15) is 6.42 Å². The molecule has 0 atom stereocenters. The Morgan fingerprint density at radius 1 is 1.08 bits per heavy atom. The first-order valence-electron chi connectivity index (χ1n) is 8.72. The zero-order chi connectivity index (χ0) is 16.8. The van der Waals surface area contributed by atoms with Crippen LogP contribution in [0.4, 0.5) is 0 Å². The Labute approximate surface area is 143 Å². The molecule has 0 spiro atoms. The fourth-order valence-electron chi connectivity index (χ4n) is 2.84. The molecule has 0 aromatic heterocycles. The molecular formula is C19H25N3O2. The van der Waals surface area contributed by atoms with Gasteiger partial charge in [-0.25, -0.2) is 0 Å². The summed E-state index contributed by atoms with van der Waals surface area (Å²) in [5.41, 5.74) is 1.20. The maximum Gasteiger partial charge on any atom is 0.232 e. The number of piperazine rings is 1. The van der Waals surface area contributed by atoms with Gasteiger partial charge in [0.25, 0.3) is 0 Å². The second-order valence-electron chi connectivity index (χ2n) is 6.51. The molecule has 1 saturated carbocycles. The second-order valence-corrected chi connectivity index (χ2v) is 6.51. The molecule has 0 radical (unpaired) electrons. The molecule has 2 amide bonds. The summed E-state index contributed by atoms with van der Waals surface area (Å²) >= 11 is 0. The van der Waals surface area contributed by atoms with Crippen LogP contribution in [0.2, 0.25) is 0 Å². The highest BCUT2D eigenvalue weighted by atomic mass is 16.2. The molecular weight excluding hydrogens is 302 g/mol. The average molecular weight is 327 g/mol. The van der Waals surface area contributed by atoms with Crippen LogP contribution in [0.15, 0.2) is 36.4 Å². The number of nitrogens with one attached hydrogen (secondary N) is 1. The summed E-state index contributed by atoms with van der Waals surface area (Å²) < 4.78 is 0. The minimum atomic E-state index is -0.129. The Morgan fingerprint density at radius 2 is 1.79 bits per heavy atom. The Morgan fingerprint density at radius 3 is 2.46 bits per heavy atom. The van der Waals surface area contributed by atoms with Gasteiger partial charge in [-0.3, -0.25) is 14.5 Å². The molecule has 24 heavy (non-hydrogen) atoms. The number of carbonyl (C=O) groups is 2. The highest BCUT2D eigenvalue weighted by Gasteiger charge is 2.26. The van der Waals surface area contributed by atoms with Crippen molar-refractivity contribution < 1.29 is 9.59 Å². The predicted molar refractivity (Wildman–Crippen MR) is 94.3 cm³/mol. The van der Waals surface area contributed by atoms with Crippen molar-refractivity contribution in [3.8, 4) is 0 Å². The van der Waals surface area contributed by atoms with Crippen molar-refractivity contribution in [2.75, 3.05) is 32.7 Å². The van der Waals surface area contributed by atoms with Crippen molar-refractivity contribution in [1.82, 2.24) is 15.1 Å². The van der Waals surface area contributed by atoms with Crippen LogP contribution in [-0.4, -0.2) is 60.4 Å². The largest absolute Gasteiger partial charge is 0.353 e. The van der Waals surface area contributed by atoms with E-state index in [1.54, 1.807) is 0 Å². The van der Waals surface area contributed by atoms with Crippen molar-refractivity contribution in [3.05, 3.63) is 42.0 Å². The summed E-state index contributed by atoms with van der Waals surface area (Å²) in [5, 5.41) is 2.87. The Balaban J connectivity index is 1.36. The number of nitrogens with zero attached hydrogens (tertiary/aromatic N) is 2. The number of hydrogen-bond acceptors (Lipinski definition) is 3. The maximum absolute atomic E-state index is 12.1. The molecule has 0 bridgehead atoms. The van der Waals surface area contributed by atoms with Gasteiger partial charge in [0.15, 0.2) is 0 Å². The van der Waals surface area contributed by atoms with Crippen LogP contribution >= 0.6 is 0 Å². The summed E-state index contributed by atoms with van der Waals surface area (Å²) in [6, 6.07) is 10.6. The van der Waals surface area contributed by atoms with Crippen molar-refractivity contribution in [2.24, 2.45) is 0 Å². The zero-order valence-corrected chi connectivity index (χ0v) is 14.0. The standard InChI is InChI=1S/C19H25N3O2/c23-18(20-17-8-9-17)15-19(24)22-13-11-21(12-14-22)10-4-7-16-5-2-1-3-6-16/h1-7,17H,8-15H2,(H,20,23)/b7-4+. The van der Waals surface area contributed by atoms with E-state index in [0.29, 0.717) is 19.1 Å². The van der Waals surface area contributed by atoms with E-state index in [1.807, 2.05) is 23.1 Å². The lowest BCUT2D eigenvalue weighted by Gasteiger charge is -2.34. The normalized spacial score (nSPS) is 18.8. The van der Waals surface area contributed by atoms with Gasteiger partial charge < -0.3 is 10.2 Å². The lowest BCUT2D eigenvalue weighted by Crippen LogP contribution is -2.49. The Bertz CT molecular complexity index is 588. The first-order chi connectivity index (χ1) is 11.7. The molecule has 1 aliphatic carbocycles. The van der Waals surface area contributed by atoms with Crippen LogP contribution < -0.4 is 5.32 Å². The molecule has 5 nitrogen and oxygen atoms in total. The third-order valence-electron chi connectivity index (χ3n) is 4.45. The molecule has 2 fully saturated rings. The molecule has 1 N–H and O–H groups in total. The van der Waals surface area contributed by atoms with E-state index in [4.69, 9.17) is 0 Å². The van der Waals surface area contributed by atoms with Gasteiger partial charge >= 0.3 is 0 Å². The van der Waals surface area contributed by atoms with Gasteiger partial charge in [-0.15, -0.1) is 0 Å². The monoisotopic (exact) mass is 327 g/mol. The molecule has 0 unspecified atom stereocenters. The van der Waals surface area contributed by atoms with E-state index in [1.165, 1.54) is 5.56 Å². The van der Waals surface area contributed by atoms with Crippen molar-refractivity contribution in [1.29, 1.82) is 0 Å². The zero-order valence-electron chi connectivity index (χ0n) is 14.0. The van der Waals surface area contributed by atoms with Gasteiger partial charge in [0.05, 0.1) is 0 Å². The van der Waals surface area contributed by atoms with Gasteiger partial charge in [-0.1, -0.05) is 42.5 Å². The summed E-state index contributed by atoms with van der Waals surface area (Å²) in [5.74, 6) is -0.177. The third-order valence-corrected chi connectivity index (χ3v) is 4.45. The second kappa shape index (κ2) is 8.11. The van der Waals surface area contributed by atoms with Crippen LogP contribution in [0, 0.1) is 0 Å². The number of benzene rings is 1. The van der Waals surface area contributed by atoms with E-state index in [9.17, 15) is 9.59 Å². The molecule has 3 rings (SSSR count). The van der Waals surface area contributed by atoms with E-state index in [2.05, 4.69) is 34.5 Å². The summed E-state index contributed by atoms with van der Waals surface area (Å²) in [7, 11) is 0. The molecule has 5 heteroatoms. The van der Waals surface area contributed by atoms with Gasteiger partial charge in [0, 0.05) is 38.8 Å². The lowest BCUT2D eigenvalue weighted by atomic mass is 10.2. The highest BCUT2D eigenvalue weighted by molar-refractivity contribution is 5.97. The fourth-order valence-corrected chi connectivity index (χ4v) is 2.84. The minimum absolute atomic E-state index is 0.00951. The Hall–Kier alpha value is -2.14. The molecule has 1 saturated heterocycles. The first kappa shape index (κ1) is 16.7. The Kier molecular flexibility index (Phi) is 5.64. The molecule has 128 valence electrons. The van der Waals surface area contributed by atoms with Gasteiger partial charge in [0.2, 0.25) is 11.8 Å². The van der Waals surface area contributed by atoms with Crippen LogP contribution in [0.3, 0.4) is 0 Å². The van der Waals surface area contributed by atoms with Crippen LogP contribution in [-0.2, 0) is 9.59 Å². The van der Waals surface area contributed by atoms with E-state index >= 15 is 0 Å². The van der Waals surface area contributed by atoms with Crippen LogP contribution in [0.25, 0.3) is 6.08 Å². The predicted octanol–water partition coefficient (Wildman–Crippen LogP) is 1.51. The smallest absolute Gasteiger partial charge is 0.232 e. The van der Waals surface area contributed by atoms with Gasteiger partial charge in [-0.2, -0.15) is 0 Å². The van der Waals surface area contributed by atoms with Crippen LogP contribution in [0.5, 0.6) is 0 Å². The molecule has 1 aromatic carbocycles. The summed E-state index contributed by atoms with van der Waals surface area (Å²) in [4.78, 5) is 28.0. The number of carbonyl (C=O) groups excluding carboxylic acids is 2. The van der Waals surface area contributed by atoms with Crippen LogP contribution in [0.1, 0.15) is 24.8 Å². The molecule has 2 aliphatic rings.